The molecular weight excluding hydrogens is 384 g/mol. The number of nitrogens with one attached hydrogen (secondary N) is 2. The van der Waals surface area contributed by atoms with Crippen LogP contribution < -0.4 is 10.6 Å². The summed E-state index contributed by atoms with van der Waals surface area (Å²) in [6.45, 7) is 10.6. The highest BCUT2D eigenvalue weighted by molar-refractivity contribution is 5.98. The van der Waals surface area contributed by atoms with Crippen molar-refractivity contribution in [2.75, 3.05) is 10.6 Å². The molecule has 0 fully saturated rings. The number of amides is 2. The van der Waals surface area contributed by atoms with Gasteiger partial charge in [-0.25, -0.2) is 9.59 Å². The molecule has 0 radical (unpaired) electrons. The zero-order chi connectivity index (χ0) is 22.5. The van der Waals surface area contributed by atoms with Crippen LogP contribution in [0.1, 0.15) is 49.2 Å². The predicted octanol–water partition coefficient (Wildman–Crippen LogP) is 4.83. The third kappa shape index (κ3) is 6.92. The van der Waals surface area contributed by atoms with Crippen molar-refractivity contribution >= 4 is 29.3 Å². The molecule has 7 nitrogen and oxygen atoms in total. The van der Waals surface area contributed by atoms with Gasteiger partial charge in [-0.2, -0.15) is 0 Å². The van der Waals surface area contributed by atoms with E-state index in [4.69, 9.17) is 9.47 Å². The van der Waals surface area contributed by atoms with Crippen molar-refractivity contribution in [1.82, 2.24) is 0 Å². The van der Waals surface area contributed by atoms with Gasteiger partial charge in [0.05, 0.1) is 5.56 Å². The molecular formula is C23H28N2O5. The lowest BCUT2D eigenvalue weighted by molar-refractivity contribution is -0.123. The number of esters is 1. The van der Waals surface area contributed by atoms with Crippen molar-refractivity contribution in [2.24, 2.45) is 0 Å². The standard InChI is InChI=1S/C23H28N2O5/c1-14-10-11-15(2)19(12-14)25-20(26)16(3)29-21(27)17-8-7-9-18(13-17)24-22(28)30-23(4,5)6/h7-13,16H,1-6H3,(H,24,28)(H,25,26)/t16-/m1/s1. The van der Waals surface area contributed by atoms with E-state index in [1.807, 2.05) is 32.0 Å². The molecule has 0 aliphatic rings. The fraction of sp³-hybridized carbons (Fsp3) is 0.348. The summed E-state index contributed by atoms with van der Waals surface area (Å²) in [4.78, 5) is 36.8. The number of anilines is 2. The lowest BCUT2D eigenvalue weighted by Crippen LogP contribution is -2.30. The molecule has 1 atom stereocenters. The number of carbonyl (C=O) groups is 3. The fourth-order valence-corrected chi connectivity index (χ4v) is 2.53. The van der Waals surface area contributed by atoms with Crippen LogP contribution in [0.2, 0.25) is 0 Å². The number of ether oxygens (including phenoxy) is 2. The summed E-state index contributed by atoms with van der Waals surface area (Å²) in [5.41, 5.74) is 2.54. The van der Waals surface area contributed by atoms with Crippen LogP contribution in [0.25, 0.3) is 0 Å². The molecule has 2 amide bonds. The van der Waals surface area contributed by atoms with Crippen LogP contribution in [0, 0.1) is 13.8 Å². The smallest absolute Gasteiger partial charge is 0.412 e. The van der Waals surface area contributed by atoms with E-state index in [0.717, 1.165) is 11.1 Å². The molecule has 0 heterocycles. The molecule has 30 heavy (non-hydrogen) atoms. The highest BCUT2D eigenvalue weighted by atomic mass is 16.6. The SMILES string of the molecule is Cc1ccc(C)c(NC(=O)[C@@H](C)OC(=O)c2cccc(NC(=O)OC(C)(C)C)c2)c1. The Morgan fingerprint density at radius 1 is 0.967 bits per heavy atom. The third-order valence-electron chi connectivity index (χ3n) is 4.05. The minimum absolute atomic E-state index is 0.204. The van der Waals surface area contributed by atoms with Gasteiger partial charge in [0.25, 0.3) is 5.91 Å². The van der Waals surface area contributed by atoms with Gasteiger partial charge >= 0.3 is 12.1 Å². The van der Waals surface area contributed by atoms with Gasteiger partial charge in [-0.3, -0.25) is 10.1 Å². The normalized spacial score (nSPS) is 11.9. The monoisotopic (exact) mass is 412 g/mol. The first-order valence-electron chi connectivity index (χ1n) is 9.64. The lowest BCUT2D eigenvalue weighted by Gasteiger charge is -2.19. The van der Waals surface area contributed by atoms with Gasteiger partial charge in [0.15, 0.2) is 6.10 Å². The van der Waals surface area contributed by atoms with E-state index in [1.165, 1.54) is 19.1 Å². The van der Waals surface area contributed by atoms with Crippen molar-refractivity contribution < 1.29 is 23.9 Å². The molecule has 0 spiro atoms. The average Bonchev–Trinajstić information content (AvgIpc) is 2.63. The maximum absolute atomic E-state index is 12.5. The zero-order valence-corrected chi connectivity index (χ0v) is 18.2. The number of hydrogen-bond donors (Lipinski definition) is 2. The minimum Gasteiger partial charge on any atom is -0.449 e. The molecule has 2 rings (SSSR count). The zero-order valence-electron chi connectivity index (χ0n) is 18.2. The van der Waals surface area contributed by atoms with Crippen molar-refractivity contribution in [1.29, 1.82) is 0 Å². The van der Waals surface area contributed by atoms with Gasteiger partial charge in [-0.05, 0) is 76.9 Å². The molecule has 0 saturated carbocycles. The molecule has 0 aliphatic carbocycles. The van der Waals surface area contributed by atoms with Crippen molar-refractivity contribution in [3.63, 3.8) is 0 Å². The number of carbonyl (C=O) groups excluding carboxylic acids is 3. The Morgan fingerprint density at radius 2 is 1.67 bits per heavy atom. The number of benzene rings is 2. The molecule has 0 saturated heterocycles. The summed E-state index contributed by atoms with van der Waals surface area (Å²) in [5, 5.41) is 5.34. The summed E-state index contributed by atoms with van der Waals surface area (Å²) in [5.74, 6) is -1.11. The second-order valence-electron chi connectivity index (χ2n) is 8.06. The number of hydrogen-bond acceptors (Lipinski definition) is 5. The fourth-order valence-electron chi connectivity index (χ4n) is 2.53. The Labute approximate surface area is 176 Å². The van der Waals surface area contributed by atoms with Gasteiger partial charge in [0, 0.05) is 11.4 Å². The van der Waals surface area contributed by atoms with Crippen LogP contribution in [-0.4, -0.2) is 29.7 Å². The van der Waals surface area contributed by atoms with Crippen molar-refractivity contribution in [3.8, 4) is 0 Å². The first-order valence-corrected chi connectivity index (χ1v) is 9.64. The maximum atomic E-state index is 12.5. The Morgan fingerprint density at radius 3 is 2.33 bits per heavy atom. The molecule has 0 aliphatic heterocycles. The van der Waals surface area contributed by atoms with Crippen molar-refractivity contribution in [2.45, 2.75) is 53.2 Å². The van der Waals surface area contributed by atoms with Crippen LogP contribution in [0.3, 0.4) is 0 Å². The van der Waals surface area contributed by atoms with Gasteiger partial charge in [-0.15, -0.1) is 0 Å². The van der Waals surface area contributed by atoms with Crippen LogP contribution >= 0.6 is 0 Å². The average molecular weight is 412 g/mol. The molecule has 0 bridgehead atoms. The Hall–Kier alpha value is -3.35. The summed E-state index contributed by atoms with van der Waals surface area (Å²) >= 11 is 0. The van der Waals surface area contributed by atoms with Gasteiger partial charge < -0.3 is 14.8 Å². The summed E-state index contributed by atoms with van der Waals surface area (Å²) in [6, 6.07) is 11.9. The molecule has 2 aromatic rings. The Kier molecular flexibility index (Phi) is 7.21. The quantitative estimate of drug-likeness (QED) is 0.686. The largest absolute Gasteiger partial charge is 0.449 e. The third-order valence-corrected chi connectivity index (χ3v) is 4.05. The molecule has 2 N–H and O–H groups in total. The Bertz CT molecular complexity index is 947. The topological polar surface area (TPSA) is 93.7 Å². The van der Waals surface area contributed by atoms with Crippen LogP contribution in [0.5, 0.6) is 0 Å². The van der Waals surface area contributed by atoms with E-state index >= 15 is 0 Å². The highest BCUT2D eigenvalue weighted by Gasteiger charge is 2.21. The minimum atomic E-state index is -1.00. The first kappa shape index (κ1) is 22.9. The first-order chi connectivity index (χ1) is 13.9. The lowest BCUT2D eigenvalue weighted by atomic mass is 10.1. The van der Waals surface area contributed by atoms with E-state index in [2.05, 4.69) is 10.6 Å². The Balaban J connectivity index is 2.00. The van der Waals surface area contributed by atoms with Crippen LogP contribution in [0.15, 0.2) is 42.5 Å². The van der Waals surface area contributed by atoms with E-state index in [1.54, 1.807) is 32.9 Å². The molecule has 160 valence electrons. The van der Waals surface area contributed by atoms with Gasteiger partial charge in [-0.1, -0.05) is 18.2 Å². The highest BCUT2D eigenvalue weighted by Crippen LogP contribution is 2.18. The van der Waals surface area contributed by atoms with E-state index in [9.17, 15) is 14.4 Å². The number of aryl methyl sites for hydroxylation is 2. The van der Waals surface area contributed by atoms with Gasteiger partial charge in [0.2, 0.25) is 0 Å². The van der Waals surface area contributed by atoms with Crippen LogP contribution in [0.4, 0.5) is 16.2 Å². The van der Waals surface area contributed by atoms with Crippen LogP contribution in [-0.2, 0) is 14.3 Å². The second kappa shape index (κ2) is 9.43. The molecule has 2 aromatic carbocycles. The number of rotatable bonds is 5. The molecule has 0 unspecified atom stereocenters. The summed E-state index contributed by atoms with van der Waals surface area (Å²) in [7, 11) is 0. The second-order valence-corrected chi connectivity index (χ2v) is 8.06. The van der Waals surface area contributed by atoms with Gasteiger partial charge in [0.1, 0.15) is 5.60 Å². The molecule has 7 heteroatoms. The van der Waals surface area contributed by atoms with E-state index in [-0.39, 0.29) is 5.56 Å². The van der Waals surface area contributed by atoms with E-state index in [0.29, 0.717) is 11.4 Å². The van der Waals surface area contributed by atoms with E-state index < -0.39 is 29.7 Å². The maximum Gasteiger partial charge on any atom is 0.412 e. The summed E-state index contributed by atoms with van der Waals surface area (Å²) in [6.07, 6.45) is -1.63. The predicted molar refractivity (Wildman–Crippen MR) is 116 cm³/mol. The van der Waals surface area contributed by atoms with Crippen molar-refractivity contribution in [3.05, 3.63) is 59.2 Å². The molecule has 0 aromatic heterocycles. The summed E-state index contributed by atoms with van der Waals surface area (Å²) < 4.78 is 10.5.